The molecule has 1 fully saturated rings. The van der Waals surface area contributed by atoms with Crippen LogP contribution >= 0.6 is 11.3 Å². The number of thiazole rings is 1. The molecular formula is C11H18N2OS. The van der Waals surface area contributed by atoms with Gasteiger partial charge in [-0.1, -0.05) is 0 Å². The van der Waals surface area contributed by atoms with Gasteiger partial charge in [-0.25, -0.2) is 4.98 Å². The Hall–Kier alpha value is -0.450. The van der Waals surface area contributed by atoms with Gasteiger partial charge >= 0.3 is 0 Å². The molecule has 2 heterocycles. The molecule has 1 N–H and O–H groups in total. The van der Waals surface area contributed by atoms with E-state index in [1.807, 2.05) is 6.92 Å². The average Bonchev–Trinajstić information content (AvgIpc) is 2.89. The Morgan fingerprint density at radius 3 is 3.27 bits per heavy atom. The van der Waals surface area contributed by atoms with Crippen LogP contribution in [0.4, 0.5) is 0 Å². The fourth-order valence-corrected chi connectivity index (χ4v) is 2.78. The summed E-state index contributed by atoms with van der Waals surface area (Å²) in [4.78, 5) is 4.64. The zero-order valence-corrected chi connectivity index (χ0v) is 10.1. The highest BCUT2D eigenvalue weighted by Crippen LogP contribution is 2.27. The second-order valence-corrected chi connectivity index (χ2v) is 4.75. The standard InChI is InChI=1S/C11H18N2OS/c1-3-14-8(2)11-13-10(7-15-11)9-5-4-6-12-9/h7-9,12H,3-6H2,1-2H3/t8?,9-/m0/s1. The largest absolute Gasteiger partial charge is 0.372 e. The molecule has 1 unspecified atom stereocenters. The normalized spacial score (nSPS) is 23.2. The fraction of sp³-hybridized carbons (Fsp3) is 0.727. The Kier molecular flexibility index (Phi) is 3.72. The van der Waals surface area contributed by atoms with Crippen LogP contribution in [0.1, 0.15) is 49.5 Å². The Morgan fingerprint density at radius 2 is 2.60 bits per heavy atom. The van der Waals surface area contributed by atoms with Crippen molar-refractivity contribution in [3.05, 3.63) is 16.1 Å². The van der Waals surface area contributed by atoms with E-state index in [1.54, 1.807) is 11.3 Å². The first-order valence-corrected chi connectivity index (χ1v) is 6.49. The lowest BCUT2D eigenvalue weighted by atomic mass is 10.2. The minimum absolute atomic E-state index is 0.134. The molecule has 0 radical (unpaired) electrons. The smallest absolute Gasteiger partial charge is 0.122 e. The van der Waals surface area contributed by atoms with E-state index in [2.05, 4.69) is 22.6 Å². The lowest BCUT2D eigenvalue weighted by Crippen LogP contribution is -2.13. The van der Waals surface area contributed by atoms with E-state index in [0.29, 0.717) is 6.04 Å². The van der Waals surface area contributed by atoms with Crippen molar-refractivity contribution in [1.82, 2.24) is 10.3 Å². The van der Waals surface area contributed by atoms with Crippen LogP contribution in [0, 0.1) is 0 Å². The molecule has 1 saturated heterocycles. The SMILES string of the molecule is CCOC(C)c1nc([C@@H]2CCCN2)cs1. The van der Waals surface area contributed by atoms with Gasteiger partial charge in [-0.05, 0) is 33.2 Å². The van der Waals surface area contributed by atoms with Crippen LogP contribution in [0.15, 0.2) is 5.38 Å². The summed E-state index contributed by atoms with van der Waals surface area (Å²) in [6.45, 7) is 5.95. The highest BCUT2D eigenvalue weighted by atomic mass is 32.1. The minimum atomic E-state index is 0.134. The number of hydrogen-bond acceptors (Lipinski definition) is 4. The molecule has 0 amide bonds. The van der Waals surface area contributed by atoms with E-state index < -0.39 is 0 Å². The van der Waals surface area contributed by atoms with Gasteiger partial charge in [0, 0.05) is 12.0 Å². The van der Waals surface area contributed by atoms with E-state index in [9.17, 15) is 0 Å². The maximum absolute atomic E-state index is 5.53. The fourth-order valence-electron chi connectivity index (χ4n) is 1.91. The Bertz CT molecular complexity index is 307. The summed E-state index contributed by atoms with van der Waals surface area (Å²) >= 11 is 1.71. The number of aromatic nitrogens is 1. The summed E-state index contributed by atoms with van der Waals surface area (Å²) in [5.41, 5.74) is 1.19. The summed E-state index contributed by atoms with van der Waals surface area (Å²) < 4.78 is 5.53. The predicted molar refractivity (Wildman–Crippen MR) is 62.1 cm³/mol. The monoisotopic (exact) mass is 226 g/mol. The molecule has 0 bridgehead atoms. The maximum atomic E-state index is 5.53. The van der Waals surface area contributed by atoms with Gasteiger partial charge in [-0.15, -0.1) is 11.3 Å². The van der Waals surface area contributed by atoms with Gasteiger partial charge < -0.3 is 10.1 Å². The number of nitrogens with one attached hydrogen (secondary N) is 1. The van der Waals surface area contributed by atoms with Gasteiger partial charge in [-0.3, -0.25) is 0 Å². The summed E-state index contributed by atoms with van der Waals surface area (Å²) in [6.07, 6.45) is 2.61. The maximum Gasteiger partial charge on any atom is 0.122 e. The minimum Gasteiger partial charge on any atom is -0.372 e. The van der Waals surface area contributed by atoms with E-state index in [-0.39, 0.29) is 6.10 Å². The molecule has 1 aliphatic heterocycles. The third kappa shape index (κ3) is 2.56. The highest BCUT2D eigenvalue weighted by molar-refractivity contribution is 7.09. The first kappa shape index (κ1) is 11.0. The molecule has 2 rings (SSSR count). The Balaban J connectivity index is 2.02. The van der Waals surface area contributed by atoms with Crippen molar-refractivity contribution in [3.63, 3.8) is 0 Å². The van der Waals surface area contributed by atoms with Crippen molar-refractivity contribution in [2.24, 2.45) is 0 Å². The van der Waals surface area contributed by atoms with E-state index in [4.69, 9.17) is 4.74 Å². The second-order valence-electron chi connectivity index (χ2n) is 3.86. The Morgan fingerprint density at radius 1 is 1.73 bits per heavy atom. The average molecular weight is 226 g/mol. The zero-order chi connectivity index (χ0) is 10.7. The molecule has 84 valence electrons. The molecule has 4 heteroatoms. The van der Waals surface area contributed by atoms with Crippen LogP contribution in [-0.4, -0.2) is 18.1 Å². The molecule has 2 atom stereocenters. The van der Waals surface area contributed by atoms with Crippen LogP contribution < -0.4 is 5.32 Å². The Labute approximate surface area is 94.9 Å². The number of nitrogens with zero attached hydrogens (tertiary/aromatic N) is 1. The van der Waals surface area contributed by atoms with Gasteiger partial charge in [0.15, 0.2) is 0 Å². The van der Waals surface area contributed by atoms with Crippen molar-refractivity contribution < 1.29 is 4.74 Å². The predicted octanol–water partition coefficient (Wildman–Crippen LogP) is 2.67. The van der Waals surface area contributed by atoms with Crippen molar-refractivity contribution in [1.29, 1.82) is 0 Å². The summed E-state index contributed by atoms with van der Waals surface area (Å²) in [7, 11) is 0. The van der Waals surface area contributed by atoms with Gasteiger partial charge in [-0.2, -0.15) is 0 Å². The molecule has 0 saturated carbocycles. The first-order chi connectivity index (χ1) is 7.31. The van der Waals surface area contributed by atoms with Gasteiger partial charge in [0.25, 0.3) is 0 Å². The number of rotatable bonds is 4. The van der Waals surface area contributed by atoms with Gasteiger partial charge in [0.1, 0.15) is 11.1 Å². The second kappa shape index (κ2) is 5.05. The van der Waals surface area contributed by atoms with Crippen LogP contribution in [-0.2, 0) is 4.74 Å². The molecule has 1 aromatic rings. The summed E-state index contributed by atoms with van der Waals surface area (Å²) in [5.74, 6) is 0. The molecule has 3 nitrogen and oxygen atoms in total. The highest BCUT2D eigenvalue weighted by Gasteiger charge is 2.20. The van der Waals surface area contributed by atoms with Crippen molar-refractivity contribution in [2.75, 3.05) is 13.2 Å². The van der Waals surface area contributed by atoms with Crippen molar-refractivity contribution in [2.45, 2.75) is 38.8 Å². The quantitative estimate of drug-likeness (QED) is 0.857. The van der Waals surface area contributed by atoms with Gasteiger partial charge in [0.05, 0.1) is 11.7 Å². The molecule has 1 aliphatic rings. The molecule has 1 aromatic heterocycles. The lowest BCUT2D eigenvalue weighted by molar-refractivity contribution is 0.0760. The zero-order valence-electron chi connectivity index (χ0n) is 9.32. The van der Waals surface area contributed by atoms with E-state index in [1.165, 1.54) is 18.5 Å². The van der Waals surface area contributed by atoms with E-state index >= 15 is 0 Å². The lowest BCUT2D eigenvalue weighted by Gasteiger charge is -2.08. The first-order valence-electron chi connectivity index (χ1n) is 5.61. The molecular weight excluding hydrogens is 208 g/mol. The molecule has 0 aliphatic carbocycles. The third-order valence-corrected chi connectivity index (χ3v) is 3.75. The van der Waals surface area contributed by atoms with Gasteiger partial charge in [0.2, 0.25) is 0 Å². The molecule has 0 spiro atoms. The van der Waals surface area contributed by atoms with Crippen molar-refractivity contribution in [3.8, 4) is 0 Å². The number of ether oxygens (including phenoxy) is 1. The van der Waals surface area contributed by atoms with E-state index in [0.717, 1.165) is 18.2 Å². The van der Waals surface area contributed by atoms with Crippen LogP contribution in [0.25, 0.3) is 0 Å². The van der Waals surface area contributed by atoms with Crippen molar-refractivity contribution >= 4 is 11.3 Å². The number of hydrogen-bond donors (Lipinski definition) is 1. The topological polar surface area (TPSA) is 34.1 Å². The molecule has 15 heavy (non-hydrogen) atoms. The summed E-state index contributed by atoms with van der Waals surface area (Å²) in [5, 5.41) is 6.72. The summed E-state index contributed by atoms with van der Waals surface area (Å²) in [6, 6.07) is 0.476. The van der Waals surface area contributed by atoms with Crippen LogP contribution in [0.3, 0.4) is 0 Å². The third-order valence-electron chi connectivity index (χ3n) is 2.72. The van der Waals surface area contributed by atoms with Crippen LogP contribution in [0.2, 0.25) is 0 Å². The molecule has 0 aromatic carbocycles. The van der Waals surface area contributed by atoms with Crippen LogP contribution in [0.5, 0.6) is 0 Å².